The quantitative estimate of drug-likeness (QED) is 0.785. The summed E-state index contributed by atoms with van der Waals surface area (Å²) in [6.07, 6.45) is 8.61. The lowest BCUT2D eigenvalue weighted by atomic mass is 9.99. The van der Waals surface area contributed by atoms with Gasteiger partial charge < -0.3 is 10.2 Å². The Morgan fingerprint density at radius 2 is 2.32 bits per heavy atom. The molecule has 2 aliphatic rings. The SMILES string of the molecule is O=CN[C@H]1CCCCN(CC2C=CC(F)=CC2)C1=O. The molecule has 1 aliphatic carbocycles. The van der Waals surface area contributed by atoms with E-state index in [1.807, 2.05) is 6.08 Å². The van der Waals surface area contributed by atoms with E-state index in [0.717, 1.165) is 12.8 Å². The van der Waals surface area contributed by atoms with E-state index in [0.29, 0.717) is 32.3 Å². The van der Waals surface area contributed by atoms with Crippen LogP contribution in [0.5, 0.6) is 0 Å². The zero-order valence-electron chi connectivity index (χ0n) is 10.8. The first-order chi connectivity index (χ1) is 9.20. The van der Waals surface area contributed by atoms with Gasteiger partial charge in [-0.3, -0.25) is 9.59 Å². The fraction of sp³-hybridized carbons (Fsp3) is 0.571. The summed E-state index contributed by atoms with van der Waals surface area (Å²) in [5.41, 5.74) is 0. The number of nitrogens with one attached hydrogen (secondary N) is 1. The number of halogens is 1. The maximum atomic E-state index is 12.9. The topological polar surface area (TPSA) is 49.4 Å². The second-order valence-electron chi connectivity index (χ2n) is 5.06. The number of carbonyl (C=O) groups excluding carboxylic acids is 2. The van der Waals surface area contributed by atoms with Crippen LogP contribution >= 0.6 is 0 Å². The molecule has 4 nitrogen and oxygen atoms in total. The highest BCUT2D eigenvalue weighted by Gasteiger charge is 2.27. The number of likely N-dealkylation sites (tertiary alicyclic amines) is 1. The van der Waals surface area contributed by atoms with Crippen LogP contribution in [-0.4, -0.2) is 36.3 Å². The Kier molecular flexibility index (Phi) is 4.71. The summed E-state index contributed by atoms with van der Waals surface area (Å²) in [6.45, 7) is 1.31. The second-order valence-corrected chi connectivity index (χ2v) is 5.06. The molecule has 1 N–H and O–H groups in total. The third kappa shape index (κ3) is 3.66. The second kappa shape index (κ2) is 6.50. The van der Waals surface area contributed by atoms with Gasteiger partial charge in [0.2, 0.25) is 12.3 Å². The van der Waals surface area contributed by atoms with Crippen molar-refractivity contribution < 1.29 is 14.0 Å². The minimum absolute atomic E-state index is 0.0203. The average molecular weight is 266 g/mol. The summed E-state index contributed by atoms with van der Waals surface area (Å²) in [7, 11) is 0. The number of carbonyl (C=O) groups is 2. The molecule has 0 bridgehead atoms. The van der Waals surface area contributed by atoms with Gasteiger partial charge in [-0.25, -0.2) is 4.39 Å². The van der Waals surface area contributed by atoms with Crippen molar-refractivity contribution in [2.75, 3.05) is 13.1 Å². The standard InChI is InChI=1S/C14H19FN2O2/c15-12-6-4-11(5-7-12)9-17-8-2-1-3-13(14(17)19)16-10-18/h4,6-7,10-11,13H,1-3,5,8-9H2,(H,16,18)/t11?,13-/m0/s1. The van der Waals surface area contributed by atoms with E-state index < -0.39 is 6.04 Å². The van der Waals surface area contributed by atoms with E-state index >= 15 is 0 Å². The van der Waals surface area contributed by atoms with Gasteiger partial charge in [0, 0.05) is 13.1 Å². The van der Waals surface area contributed by atoms with Crippen LogP contribution < -0.4 is 5.32 Å². The summed E-state index contributed by atoms with van der Waals surface area (Å²) in [5, 5.41) is 2.59. The Morgan fingerprint density at radius 3 is 3.00 bits per heavy atom. The van der Waals surface area contributed by atoms with E-state index in [4.69, 9.17) is 0 Å². The van der Waals surface area contributed by atoms with Gasteiger partial charge in [0.25, 0.3) is 0 Å². The smallest absolute Gasteiger partial charge is 0.245 e. The molecule has 0 aromatic rings. The first kappa shape index (κ1) is 13.8. The molecule has 2 atom stereocenters. The summed E-state index contributed by atoms with van der Waals surface area (Å²) in [4.78, 5) is 24.6. The Hall–Kier alpha value is -1.65. The van der Waals surface area contributed by atoms with Crippen molar-refractivity contribution in [1.82, 2.24) is 10.2 Å². The largest absolute Gasteiger partial charge is 0.347 e. The first-order valence-electron chi connectivity index (χ1n) is 6.73. The normalized spacial score (nSPS) is 27.7. The van der Waals surface area contributed by atoms with Crippen LogP contribution in [0.1, 0.15) is 25.7 Å². The molecule has 0 spiro atoms. The maximum absolute atomic E-state index is 12.9. The third-order valence-electron chi connectivity index (χ3n) is 3.65. The van der Waals surface area contributed by atoms with Crippen molar-refractivity contribution in [3.63, 3.8) is 0 Å². The lowest BCUT2D eigenvalue weighted by molar-refractivity contribution is -0.134. The van der Waals surface area contributed by atoms with Crippen LogP contribution in [0.4, 0.5) is 4.39 Å². The van der Waals surface area contributed by atoms with Crippen LogP contribution in [-0.2, 0) is 9.59 Å². The molecule has 0 radical (unpaired) electrons. The van der Waals surface area contributed by atoms with Crippen LogP contribution in [0, 0.1) is 5.92 Å². The minimum atomic E-state index is -0.403. The fourth-order valence-corrected chi connectivity index (χ4v) is 2.58. The van der Waals surface area contributed by atoms with Crippen LogP contribution in [0.25, 0.3) is 0 Å². The Bertz CT molecular complexity index is 406. The van der Waals surface area contributed by atoms with E-state index in [-0.39, 0.29) is 17.7 Å². The molecular weight excluding hydrogens is 247 g/mol. The molecule has 1 fully saturated rings. The van der Waals surface area contributed by atoms with Gasteiger partial charge in [-0.2, -0.15) is 0 Å². The molecule has 0 aromatic heterocycles. The molecule has 1 aliphatic heterocycles. The van der Waals surface area contributed by atoms with Gasteiger partial charge in [0.15, 0.2) is 0 Å². The molecule has 1 heterocycles. The van der Waals surface area contributed by atoms with Gasteiger partial charge in [-0.05, 0) is 43.8 Å². The predicted octanol–water partition coefficient (Wildman–Crippen LogP) is 1.54. The van der Waals surface area contributed by atoms with Crippen LogP contribution in [0.2, 0.25) is 0 Å². The molecule has 2 amide bonds. The highest BCUT2D eigenvalue weighted by atomic mass is 19.1. The molecule has 0 saturated carbocycles. The van der Waals surface area contributed by atoms with Crippen molar-refractivity contribution in [1.29, 1.82) is 0 Å². The molecule has 19 heavy (non-hydrogen) atoms. The molecule has 2 rings (SSSR count). The molecule has 5 heteroatoms. The van der Waals surface area contributed by atoms with E-state index in [2.05, 4.69) is 5.32 Å². The van der Waals surface area contributed by atoms with Crippen molar-refractivity contribution in [2.45, 2.75) is 31.7 Å². The Morgan fingerprint density at radius 1 is 1.47 bits per heavy atom. The van der Waals surface area contributed by atoms with Crippen molar-refractivity contribution in [3.8, 4) is 0 Å². The van der Waals surface area contributed by atoms with Gasteiger partial charge in [-0.15, -0.1) is 0 Å². The summed E-state index contributed by atoms with van der Waals surface area (Å²) in [6, 6.07) is -0.403. The van der Waals surface area contributed by atoms with Gasteiger partial charge >= 0.3 is 0 Å². The predicted molar refractivity (Wildman–Crippen MR) is 69.9 cm³/mol. The monoisotopic (exact) mass is 266 g/mol. The summed E-state index contributed by atoms with van der Waals surface area (Å²) in [5.74, 6) is -0.0644. The zero-order chi connectivity index (χ0) is 13.7. The van der Waals surface area contributed by atoms with Gasteiger partial charge in [0.1, 0.15) is 11.9 Å². The van der Waals surface area contributed by atoms with Gasteiger partial charge in [-0.1, -0.05) is 6.08 Å². The number of nitrogens with zero attached hydrogens (tertiary/aromatic N) is 1. The molecule has 1 unspecified atom stereocenters. The number of amides is 2. The van der Waals surface area contributed by atoms with E-state index in [9.17, 15) is 14.0 Å². The lowest BCUT2D eigenvalue weighted by Crippen LogP contribution is -2.46. The number of rotatable bonds is 4. The third-order valence-corrected chi connectivity index (χ3v) is 3.65. The first-order valence-corrected chi connectivity index (χ1v) is 6.73. The van der Waals surface area contributed by atoms with Crippen molar-refractivity contribution in [2.24, 2.45) is 5.92 Å². The Labute approximate surface area is 112 Å². The number of allylic oxidation sites excluding steroid dienone is 3. The van der Waals surface area contributed by atoms with Crippen LogP contribution in [0.15, 0.2) is 24.1 Å². The summed E-state index contributed by atoms with van der Waals surface area (Å²) < 4.78 is 12.9. The fourth-order valence-electron chi connectivity index (χ4n) is 2.58. The zero-order valence-corrected chi connectivity index (χ0v) is 10.8. The van der Waals surface area contributed by atoms with Crippen molar-refractivity contribution in [3.05, 3.63) is 24.1 Å². The summed E-state index contributed by atoms with van der Waals surface area (Å²) >= 11 is 0. The average Bonchev–Trinajstić information content (AvgIpc) is 2.57. The highest BCUT2D eigenvalue weighted by molar-refractivity contribution is 5.84. The van der Waals surface area contributed by atoms with E-state index in [1.54, 1.807) is 11.0 Å². The number of hydrogen-bond donors (Lipinski definition) is 1. The molecule has 1 saturated heterocycles. The Balaban J connectivity index is 1.96. The minimum Gasteiger partial charge on any atom is -0.347 e. The van der Waals surface area contributed by atoms with E-state index in [1.165, 1.54) is 6.08 Å². The van der Waals surface area contributed by atoms with Crippen molar-refractivity contribution >= 4 is 12.3 Å². The lowest BCUT2D eigenvalue weighted by Gasteiger charge is -2.27. The molecule has 104 valence electrons. The van der Waals surface area contributed by atoms with Crippen LogP contribution in [0.3, 0.4) is 0 Å². The molecule has 0 aromatic carbocycles. The maximum Gasteiger partial charge on any atom is 0.245 e. The molecular formula is C14H19FN2O2. The highest BCUT2D eigenvalue weighted by Crippen LogP contribution is 2.20. The van der Waals surface area contributed by atoms with Gasteiger partial charge in [0.05, 0.1) is 0 Å². The number of hydrogen-bond acceptors (Lipinski definition) is 2.